The van der Waals surface area contributed by atoms with Gasteiger partial charge in [-0.05, 0) is 22.3 Å². The van der Waals surface area contributed by atoms with Gasteiger partial charge in [0.1, 0.15) is 12.6 Å². The molecule has 0 aliphatic carbocycles. The van der Waals surface area contributed by atoms with E-state index < -0.39 is 30.1 Å². The lowest BCUT2D eigenvalue weighted by molar-refractivity contribution is -0.145. The number of rotatable bonds is 11. The van der Waals surface area contributed by atoms with Gasteiger partial charge in [0.25, 0.3) is 0 Å². The molecule has 3 rings (SSSR count). The van der Waals surface area contributed by atoms with Crippen molar-refractivity contribution < 1.29 is 29.0 Å². The van der Waals surface area contributed by atoms with Gasteiger partial charge in [0.2, 0.25) is 5.91 Å². The molecule has 3 N–H and O–H groups in total. The third-order valence-corrected chi connectivity index (χ3v) is 5.44. The summed E-state index contributed by atoms with van der Waals surface area (Å²) in [6.07, 6.45) is -1.94. The molecule has 0 saturated carbocycles. The Labute approximate surface area is 210 Å². The molecule has 0 spiro atoms. The number of benzene rings is 3. The summed E-state index contributed by atoms with van der Waals surface area (Å²) in [6, 6.07) is 25.8. The maximum absolute atomic E-state index is 12.4. The largest absolute Gasteiger partial charge is 0.467 e. The first kappa shape index (κ1) is 26.4. The number of carbonyl (C=O) groups is 3. The van der Waals surface area contributed by atoms with E-state index in [0.717, 1.165) is 22.3 Å². The van der Waals surface area contributed by atoms with Crippen LogP contribution in [0.5, 0.6) is 0 Å². The van der Waals surface area contributed by atoms with Gasteiger partial charge in [-0.2, -0.15) is 0 Å². The molecule has 0 saturated heterocycles. The highest BCUT2D eigenvalue weighted by Gasteiger charge is 2.23. The smallest absolute Gasteiger partial charge is 0.407 e. The number of methoxy groups -OCH3 is 1. The topological polar surface area (TPSA) is 114 Å². The first-order valence-corrected chi connectivity index (χ1v) is 11.6. The van der Waals surface area contributed by atoms with Crippen LogP contribution in [0.1, 0.15) is 17.5 Å². The van der Waals surface area contributed by atoms with Gasteiger partial charge in [0, 0.05) is 13.0 Å². The average molecular weight is 491 g/mol. The number of carbonyl (C=O) groups excluding carboxylic acids is 3. The van der Waals surface area contributed by atoms with Gasteiger partial charge in [0.15, 0.2) is 0 Å². The number of hydrogen-bond acceptors (Lipinski definition) is 6. The van der Waals surface area contributed by atoms with Gasteiger partial charge in [-0.3, -0.25) is 4.79 Å². The Morgan fingerprint density at radius 3 is 2.08 bits per heavy atom. The van der Waals surface area contributed by atoms with E-state index in [2.05, 4.69) is 10.6 Å². The molecule has 0 aliphatic rings. The van der Waals surface area contributed by atoms with E-state index in [9.17, 15) is 19.5 Å². The van der Waals surface area contributed by atoms with E-state index in [0.29, 0.717) is 0 Å². The van der Waals surface area contributed by atoms with Crippen LogP contribution < -0.4 is 10.6 Å². The Balaban J connectivity index is 1.46. The number of nitrogens with one attached hydrogen (secondary N) is 2. The molecular formula is C28H30N2O6. The third-order valence-electron chi connectivity index (χ3n) is 5.44. The molecule has 0 fully saturated rings. The molecule has 8 nitrogen and oxygen atoms in total. The van der Waals surface area contributed by atoms with E-state index in [1.165, 1.54) is 7.11 Å². The van der Waals surface area contributed by atoms with Gasteiger partial charge in [-0.25, -0.2) is 9.59 Å². The molecule has 188 valence electrons. The molecule has 3 aromatic rings. The van der Waals surface area contributed by atoms with E-state index in [1.807, 2.05) is 84.9 Å². The minimum absolute atomic E-state index is 0.0936. The predicted octanol–water partition coefficient (Wildman–Crippen LogP) is 3.23. The van der Waals surface area contributed by atoms with Gasteiger partial charge < -0.3 is 25.2 Å². The molecule has 2 amide bonds. The van der Waals surface area contributed by atoms with E-state index >= 15 is 0 Å². The molecule has 0 aromatic heterocycles. The van der Waals surface area contributed by atoms with Crippen LogP contribution in [0.4, 0.5) is 4.79 Å². The number of hydrogen-bond donors (Lipinski definition) is 3. The molecule has 8 heteroatoms. The highest BCUT2D eigenvalue weighted by molar-refractivity contribution is 5.85. The first-order chi connectivity index (χ1) is 17.4. The summed E-state index contributed by atoms with van der Waals surface area (Å²) in [5, 5.41) is 15.2. The van der Waals surface area contributed by atoms with Crippen LogP contribution in [0.2, 0.25) is 0 Å². The summed E-state index contributed by atoms with van der Waals surface area (Å²) in [7, 11) is 1.25. The summed E-state index contributed by atoms with van der Waals surface area (Å²) in [6.45, 7) is -0.0821. The van der Waals surface area contributed by atoms with Crippen LogP contribution >= 0.6 is 0 Å². The SMILES string of the molecule is COC(=O)[C@@H](Cc1ccc(-c2ccccc2)cc1)NC(=O)C[C@H](O)CNC(=O)OCc1ccccc1. The molecule has 0 bridgehead atoms. The number of aliphatic hydroxyl groups is 1. The molecule has 3 aromatic carbocycles. The van der Waals surface area contributed by atoms with Crippen LogP contribution in [-0.4, -0.2) is 48.9 Å². The van der Waals surface area contributed by atoms with Crippen molar-refractivity contribution >= 4 is 18.0 Å². The molecular weight excluding hydrogens is 460 g/mol. The fourth-order valence-electron chi connectivity index (χ4n) is 3.55. The average Bonchev–Trinajstić information content (AvgIpc) is 2.91. The Hall–Kier alpha value is -4.17. The Morgan fingerprint density at radius 1 is 0.833 bits per heavy atom. The van der Waals surface area contributed by atoms with E-state index in [4.69, 9.17) is 9.47 Å². The number of ether oxygens (including phenoxy) is 2. The van der Waals surface area contributed by atoms with Crippen molar-refractivity contribution in [2.45, 2.75) is 31.6 Å². The summed E-state index contributed by atoms with van der Waals surface area (Å²) < 4.78 is 9.91. The molecule has 0 heterocycles. The number of amides is 2. The van der Waals surface area contributed by atoms with Crippen molar-refractivity contribution in [1.29, 1.82) is 0 Å². The lowest BCUT2D eigenvalue weighted by Crippen LogP contribution is -2.45. The fourth-order valence-corrected chi connectivity index (χ4v) is 3.55. The zero-order valence-electron chi connectivity index (χ0n) is 20.1. The van der Waals surface area contributed by atoms with Crippen LogP contribution in [0.15, 0.2) is 84.9 Å². The Morgan fingerprint density at radius 2 is 1.44 bits per heavy atom. The van der Waals surface area contributed by atoms with Crippen molar-refractivity contribution in [1.82, 2.24) is 10.6 Å². The predicted molar refractivity (Wildman–Crippen MR) is 135 cm³/mol. The fraction of sp³-hybridized carbons (Fsp3) is 0.250. The standard InChI is InChI=1S/C28H30N2O6/c1-35-27(33)25(16-20-12-14-23(15-13-20)22-10-6-3-7-11-22)30-26(32)17-24(31)18-29-28(34)36-19-21-8-4-2-5-9-21/h2-15,24-25,31H,16-19H2,1H3,(H,29,34)(H,30,32)/t24-,25+/m0/s1. The summed E-state index contributed by atoms with van der Waals surface area (Å²) in [5.41, 5.74) is 3.79. The van der Waals surface area contributed by atoms with Gasteiger partial charge in [0.05, 0.1) is 19.6 Å². The summed E-state index contributed by atoms with van der Waals surface area (Å²) in [5.74, 6) is -1.13. The van der Waals surface area contributed by atoms with E-state index in [1.54, 1.807) is 0 Å². The minimum Gasteiger partial charge on any atom is -0.467 e. The lowest BCUT2D eigenvalue weighted by Gasteiger charge is -2.18. The highest BCUT2D eigenvalue weighted by atomic mass is 16.5. The van der Waals surface area contributed by atoms with Gasteiger partial charge >= 0.3 is 12.1 Å². The Bertz CT molecular complexity index is 1120. The molecule has 36 heavy (non-hydrogen) atoms. The van der Waals surface area contributed by atoms with Crippen LogP contribution in [-0.2, 0) is 32.1 Å². The maximum Gasteiger partial charge on any atom is 0.407 e. The number of aliphatic hydroxyl groups excluding tert-OH is 1. The van der Waals surface area contributed by atoms with Crippen molar-refractivity contribution in [3.8, 4) is 11.1 Å². The van der Waals surface area contributed by atoms with Crippen molar-refractivity contribution in [3.05, 3.63) is 96.1 Å². The Kier molecular flexibility index (Phi) is 10.0. The minimum atomic E-state index is -1.15. The molecule has 0 radical (unpaired) electrons. The second-order valence-electron chi connectivity index (χ2n) is 8.21. The molecule has 0 unspecified atom stereocenters. The third kappa shape index (κ3) is 8.56. The van der Waals surface area contributed by atoms with E-state index in [-0.39, 0.29) is 26.0 Å². The van der Waals surface area contributed by atoms with Crippen molar-refractivity contribution in [3.63, 3.8) is 0 Å². The van der Waals surface area contributed by atoms with Crippen molar-refractivity contribution in [2.24, 2.45) is 0 Å². The highest BCUT2D eigenvalue weighted by Crippen LogP contribution is 2.20. The van der Waals surface area contributed by atoms with Crippen LogP contribution in [0.3, 0.4) is 0 Å². The van der Waals surface area contributed by atoms with Gasteiger partial charge in [-0.15, -0.1) is 0 Å². The van der Waals surface area contributed by atoms with Crippen LogP contribution in [0.25, 0.3) is 11.1 Å². The van der Waals surface area contributed by atoms with Crippen molar-refractivity contribution in [2.75, 3.05) is 13.7 Å². The van der Waals surface area contributed by atoms with Crippen LogP contribution in [0, 0.1) is 0 Å². The summed E-state index contributed by atoms with van der Waals surface area (Å²) in [4.78, 5) is 36.5. The monoisotopic (exact) mass is 490 g/mol. The first-order valence-electron chi connectivity index (χ1n) is 11.6. The lowest BCUT2D eigenvalue weighted by atomic mass is 10.0. The normalized spacial score (nSPS) is 12.2. The quantitative estimate of drug-likeness (QED) is 0.356. The zero-order chi connectivity index (χ0) is 25.8. The number of esters is 1. The second-order valence-corrected chi connectivity index (χ2v) is 8.21. The maximum atomic E-state index is 12.4. The molecule has 0 aliphatic heterocycles. The molecule has 2 atom stereocenters. The van der Waals surface area contributed by atoms with Gasteiger partial charge in [-0.1, -0.05) is 84.9 Å². The summed E-state index contributed by atoms with van der Waals surface area (Å²) >= 11 is 0. The second kappa shape index (κ2) is 13.7. The number of alkyl carbamates (subject to hydrolysis) is 1. The zero-order valence-corrected chi connectivity index (χ0v) is 20.1.